The number of nitrogens with zero attached hydrogens (tertiary/aromatic N) is 3. The van der Waals surface area contributed by atoms with Crippen molar-refractivity contribution in [1.29, 1.82) is 0 Å². The number of rotatable bonds is 4. The van der Waals surface area contributed by atoms with E-state index in [0.29, 0.717) is 34.1 Å². The molecule has 0 N–H and O–H groups in total. The van der Waals surface area contributed by atoms with Crippen LogP contribution in [0.1, 0.15) is 30.1 Å². The summed E-state index contributed by atoms with van der Waals surface area (Å²) in [6.45, 7) is 1.78. The van der Waals surface area contributed by atoms with Crippen LogP contribution in [-0.4, -0.2) is 14.9 Å². The Balaban J connectivity index is 1.88. The van der Waals surface area contributed by atoms with Gasteiger partial charge in [0.25, 0.3) is 5.69 Å². The molecule has 0 aliphatic heterocycles. The second-order valence-corrected chi connectivity index (χ2v) is 5.29. The second-order valence-electron chi connectivity index (χ2n) is 4.93. The fourth-order valence-corrected chi connectivity index (χ4v) is 2.02. The van der Waals surface area contributed by atoms with E-state index in [0.717, 1.165) is 12.8 Å². The lowest BCUT2D eigenvalue weighted by atomic mass is 10.3. The maximum Gasteiger partial charge on any atom is 0.269 e. The molecule has 1 aliphatic rings. The lowest BCUT2D eigenvalue weighted by molar-refractivity contribution is -0.384. The van der Waals surface area contributed by atoms with Crippen LogP contribution in [0.15, 0.2) is 24.3 Å². The molecule has 1 aromatic heterocycles. The Morgan fingerprint density at radius 1 is 1.29 bits per heavy atom. The molecule has 1 saturated carbocycles. The SMILES string of the molecule is Cc1c(Cl)nc(C2CC2)nc1Oc1ccc([N+](=O)[O-])cc1. The van der Waals surface area contributed by atoms with Crippen LogP contribution >= 0.6 is 11.6 Å². The number of non-ortho nitro benzene ring substituents is 1. The molecule has 0 spiro atoms. The van der Waals surface area contributed by atoms with Gasteiger partial charge >= 0.3 is 0 Å². The quantitative estimate of drug-likeness (QED) is 0.484. The molecule has 21 heavy (non-hydrogen) atoms. The molecule has 2 aromatic rings. The lowest BCUT2D eigenvalue weighted by Gasteiger charge is -2.10. The van der Waals surface area contributed by atoms with Crippen molar-refractivity contribution in [3.05, 3.63) is 50.9 Å². The molecule has 108 valence electrons. The Labute approximate surface area is 125 Å². The number of aromatic nitrogens is 2. The third kappa shape index (κ3) is 2.95. The van der Waals surface area contributed by atoms with Crippen LogP contribution < -0.4 is 4.74 Å². The first kappa shape index (κ1) is 13.8. The van der Waals surface area contributed by atoms with Crippen LogP contribution in [0.5, 0.6) is 11.6 Å². The zero-order valence-electron chi connectivity index (χ0n) is 11.2. The highest BCUT2D eigenvalue weighted by Crippen LogP contribution is 2.40. The third-order valence-electron chi connectivity index (χ3n) is 3.26. The minimum atomic E-state index is -0.457. The molecule has 1 fully saturated rings. The maximum absolute atomic E-state index is 10.6. The van der Waals surface area contributed by atoms with Gasteiger partial charge in [0, 0.05) is 23.6 Å². The van der Waals surface area contributed by atoms with Gasteiger partial charge in [0.05, 0.1) is 4.92 Å². The summed E-state index contributed by atoms with van der Waals surface area (Å²) in [5, 5.41) is 11.0. The van der Waals surface area contributed by atoms with Crippen LogP contribution in [0, 0.1) is 17.0 Å². The van der Waals surface area contributed by atoms with Gasteiger partial charge in [-0.2, -0.15) is 4.98 Å². The van der Waals surface area contributed by atoms with Crippen molar-refractivity contribution in [2.24, 2.45) is 0 Å². The normalized spacial score (nSPS) is 14.0. The molecule has 1 aliphatic carbocycles. The van der Waals surface area contributed by atoms with Gasteiger partial charge in [-0.05, 0) is 31.9 Å². The number of hydrogen-bond donors (Lipinski definition) is 0. The fourth-order valence-electron chi connectivity index (χ4n) is 1.86. The second kappa shape index (κ2) is 5.29. The molecule has 0 atom stereocenters. The molecular formula is C14H12ClN3O3. The number of nitro benzene ring substituents is 1. The molecular weight excluding hydrogens is 294 g/mol. The van der Waals surface area contributed by atoms with Gasteiger partial charge in [0.1, 0.15) is 16.7 Å². The molecule has 0 unspecified atom stereocenters. The van der Waals surface area contributed by atoms with E-state index in [9.17, 15) is 10.1 Å². The van der Waals surface area contributed by atoms with Gasteiger partial charge < -0.3 is 4.74 Å². The van der Waals surface area contributed by atoms with Gasteiger partial charge in [-0.3, -0.25) is 10.1 Å². The first-order chi connectivity index (χ1) is 10.0. The average molecular weight is 306 g/mol. The molecule has 0 bridgehead atoms. The van der Waals surface area contributed by atoms with Crippen LogP contribution in [0.25, 0.3) is 0 Å². The van der Waals surface area contributed by atoms with E-state index in [2.05, 4.69) is 9.97 Å². The van der Waals surface area contributed by atoms with Crippen LogP contribution in [0.4, 0.5) is 5.69 Å². The van der Waals surface area contributed by atoms with Crippen molar-refractivity contribution in [2.45, 2.75) is 25.7 Å². The standard InChI is InChI=1S/C14H12ClN3O3/c1-8-12(15)16-13(9-2-3-9)17-14(8)21-11-6-4-10(5-7-11)18(19)20/h4-7,9H,2-3H2,1H3. The monoisotopic (exact) mass is 305 g/mol. The molecule has 7 heteroatoms. The van der Waals surface area contributed by atoms with Gasteiger partial charge in [0.2, 0.25) is 5.88 Å². The Hall–Kier alpha value is -2.21. The minimum absolute atomic E-state index is 0.0125. The summed E-state index contributed by atoms with van der Waals surface area (Å²) >= 11 is 6.10. The molecule has 6 nitrogen and oxygen atoms in total. The highest BCUT2D eigenvalue weighted by Gasteiger charge is 2.28. The smallest absolute Gasteiger partial charge is 0.269 e. The van der Waals surface area contributed by atoms with E-state index in [1.165, 1.54) is 24.3 Å². The van der Waals surface area contributed by atoms with Crippen LogP contribution in [0.2, 0.25) is 5.15 Å². The molecule has 1 heterocycles. The van der Waals surface area contributed by atoms with Crippen molar-refractivity contribution >= 4 is 17.3 Å². The van der Waals surface area contributed by atoms with E-state index in [1.807, 2.05) is 0 Å². The summed E-state index contributed by atoms with van der Waals surface area (Å²) in [6.07, 6.45) is 2.13. The number of nitro groups is 1. The predicted octanol–water partition coefficient (Wildman–Crippen LogP) is 4.02. The zero-order chi connectivity index (χ0) is 15.0. The van der Waals surface area contributed by atoms with Crippen molar-refractivity contribution in [2.75, 3.05) is 0 Å². The summed E-state index contributed by atoms with van der Waals surface area (Å²) in [4.78, 5) is 18.8. The van der Waals surface area contributed by atoms with E-state index in [4.69, 9.17) is 16.3 Å². The first-order valence-electron chi connectivity index (χ1n) is 6.51. The van der Waals surface area contributed by atoms with Crippen LogP contribution in [0.3, 0.4) is 0 Å². The van der Waals surface area contributed by atoms with E-state index >= 15 is 0 Å². The van der Waals surface area contributed by atoms with Crippen LogP contribution in [-0.2, 0) is 0 Å². The van der Waals surface area contributed by atoms with Crippen molar-refractivity contribution < 1.29 is 9.66 Å². The summed E-state index contributed by atoms with van der Waals surface area (Å²) in [5.74, 6) is 1.93. The van der Waals surface area contributed by atoms with Gasteiger partial charge in [-0.25, -0.2) is 4.98 Å². The average Bonchev–Trinajstić information content (AvgIpc) is 3.29. The third-order valence-corrected chi connectivity index (χ3v) is 3.63. The number of ether oxygens (including phenoxy) is 1. The molecule has 3 rings (SSSR count). The summed E-state index contributed by atoms with van der Waals surface area (Å²) < 4.78 is 5.69. The van der Waals surface area contributed by atoms with Gasteiger partial charge in [0.15, 0.2) is 0 Å². The zero-order valence-corrected chi connectivity index (χ0v) is 12.0. The van der Waals surface area contributed by atoms with E-state index < -0.39 is 4.92 Å². The largest absolute Gasteiger partial charge is 0.439 e. The molecule has 0 radical (unpaired) electrons. The van der Waals surface area contributed by atoms with Crippen molar-refractivity contribution in [1.82, 2.24) is 9.97 Å². The Bertz CT molecular complexity index is 699. The molecule has 0 amide bonds. The topological polar surface area (TPSA) is 78.2 Å². The lowest BCUT2D eigenvalue weighted by Crippen LogP contribution is -2.00. The van der Waals surface area contributed by atoms with Crippen molar-refractivity contribution in [3.63, 3.8) is 0 Å². The summed E-state index contributed by atoms with van der Waals surface area (Å²) in [6, 6.07) is 5.83. The van der Waals surface area contributed by atoms with Gasteiger partial charge in [-0.1, -0.05) is 11.6 Å². The summed E-state index contributed by atoms with van der Waals surface area (Å²) in [5.41, 5.74) is 0.665. The van der Waals surface area contributed by atoms with E-state index in [-0.39, 0.29) is 5.69 Å². The van der Waals surface area contributed by atoms with Crippen molar-refractivity contribution in [3.8, 4) is 11.6 Å². The van der Waals surface area contributed by atoms with Gasteiger partial charge in [-0.15, -0.1) is 0 Å². The first-order valence-corrected chi connectivity index (χ1v) is 6.88. The maximum atomic E-state index is 10.6. The fraction of sp³-hybridized carbons (Fsp3) is 0.286. The number of benzene rings is 1. The highest BCUT2D eigenvalue weighted by atomic mass is 35.5. The van der Waals surface area contributed by atoms with E-state index in [1.54, 1.807) is 6.92 Å². The summed E-state index contributed by atoms with van der Waals surface area (Å²) in [7, 11) is 0. The Morgan fingerprint density at radius 2 is 1.95 bits per heavy atom. The Morgan fingerprint density at radius 3 is 2.52 bits per heavy atom. The molecule has 0 saturated heterocycles. The highest BCUT2D eigenvalue weighted by molar-refractivity contribution is 6.30. The molecule has 1 aromatic carbocycles. The Kier molecular flexibility index (Phi) is 3.47. The number of hydrogen-bond acceptors (Lipinski definition) is 5. The minimum Gasteiger partial charge on any atom is -0.439 e. The number of halogens is 1. The predicted molar refractivity (Wildman–Crippen MR) is 76.9 cm³/mol.